The summed E-state index contributed by atoms with van der Waals surface area (Å²) in [7, 11) is 0. The molecule has 0 radical (unpaired) electrons. The van der Waals surface area contributed by atoms with Gasteiger partial charge in [-0.3, -0.25) is 4.79 Å². The predicted octanol–water partition coefficient (Wildman–Crippen LogP) is 3.91. The SMILES string of the molecule is Cl.NC(=O)c1ccc(OC(F)(F)F)cc1-c1ccc(F)cc1. The third-order valence-corrected chi connectivity index (χ3v) is 2.65. The van der Waals surface area contributed by atoms with E-state index in [1.54, 1.807) is 0 Å². The summed E-state index contributed by atoms with van der Waals surface area (Å²) in [5.41, 5.74) is 5.67. The Balaban J connectivity index is 0.00000242. The van der Waals surface area contributed by atoms with Gasteiger partial charge in [0.25, 0.3) is 0 Å². The third kappa shape index (κ3) is 4.36. The molecule has 0 atom stereocenters. The largest absolute Gasteiger partial charge is 0.573 e. The Labute approximate surface area is 129 Å². The molecule has 0 fully saturated rings. The third-order valence-electron chi connectivity index (χ3n) is 2.65. The van der Waals surface area contributed by atoms with Crippen LogP contribution < -0.4 is 10.5 Å². The number of nitrogens with two attached hydrogens (primary N) is 1. The Kier molecular flexibility index (Phi) is 5.38. The average molecular weight is 336 g/mol. The Morgan fingerprint density at radius 3 is 2.14 bits per heavy atom. The summed E-state index contributed by atoms with van der Waals surface area (Å²) in [4.78, 5) is 11.3. The van der Waals surface area contributed by atoms with E-state index in [2.05, 4.69) is 4.74 Å². The van der Waals surface area contributed by atoms with E-state index in [0.29, 0.717) is 5.56 Å². The molecule has 1 amide bonds. The number of halogens is 5. The molecule has 0 saturated heterocycles. The van der Waals surface area contributed by atoms with E-state index in [9.17, 15) is 22.4 Å². The van der Waals surface area contributed by atoms with E-state index in [1.807, 2.05) is 0 Å². The van der Waals surface area contributed by atoms with Crippen molar-refractivity contribution in [1.82, 2.24) is 0 Å². The highest BCUT2D eigenvalue weighted by molar-refractivity contribution is 6.00. The second-order valence-electron chi connectivity index (χ2n) is 4.13. The summed E-state index contributed by atoms with van der Waals surface area (Å²) in [5, 5.41) is 0. The molecule has 0 unspecified atom stereocenters. The molecule has 0 saturated carbocycles. The van der Waals surface area contributed by atoms with Crippen LogP contribution in [0.4, 0.5) is 17.6 Å². The van der Waals surface area contributed by atoms with Gasteiger partial charge < -0.3 is 10.5 Å². The van der Waals surface area contributed by atoms with Crippen molar-refractivity contribution in [3.05, 3.63) is 53.8 Å². The van der Waals surface area contributed by atoms with Gasteiger partial charge in [0.15, 0.2) is 0 Å². The van der Waals surface area contributed by atoms with Crippen LogP contribution in [0, 0.1) is 5.82 Å². The van der Waals surface area contributed by atoms with E-state index in [-0.39, 0.29) is 23.5 Å². The van der Waals surface area contributed by atoms with Gasteiger partial charge in [-0.2, -0.15) is 0 Å². The zero-order chi connectivity index (χ0) is 15.6. The maximum Gasteiger partial charge on any atom is 0.573 e. The number of rotatable bonds is 3. The molecule has 8 heteroatoms. The van der Waals surface area contributed by atoms with Crippen LogP contribution >= 0.6 is 12.4 Å². The molecule has 0 aliphatic carbocycles. The number of hydrogen-bond acceptors (Lipinski definition) is 2. The van der Waals surface area contributed by atoms with Crippen molar-refractivity contribution in [2.24, 2.45) is 5.73 Å². The van der Waals surface area contributed by atoms with E-state index in [0.717, 1.165) is 30.3 Å². The highest BCUT2D eigenvalue weighted by Gasteiger charge is 2.31. The summed E-state index contributed by atoms with van der Waals surface area (Å²) in [6, 6.07) is 8.04. The standard InChI is InChI=1S/C14H9F4NO2.ClH/c15-9-3-1-8(2-4-9)12-7-10(21-14(16,17)18)5-6-11(12)13(19)20;/h1-7H,(H2,19,20);1H. The molecule has 2 aromatic carbocycles. The van der Waals surface area contributed by atoms with Crippen LogP contribution in [0.5, 0.6) is 5.75 Å². The molecular formula is C14H10ClF4NO2. The Bertz CT molecular complexity index is 672. The fraction of sp³-hybridized carbons (Fsp3) is 0.0714. The molecular weight excluding hydrogens is 326 g/mol. The molecule has 22 heavy (non-hydrogen) atoms. The topological polar surface area (TPSA) is 52.3 Å². The molecule has 118 valence electrons. The summed E-state index contributed by atoms with van der Waals surface area (Å²) in [6.45, 7) is 0. The lowest BCUT2D eigenvalue weighted by molar-refractivity contribution is -0.274. The first-order valence-electron chi connectivity index (χ1n) is 5.72. The number of benzene rings is 2. The summed E-state index contributed by atoms with van der Waals surface area (Å²) in [5.74, 6) is -1.82. The van der Waals surface area contributed by atoms with Gasteiger partial charge in [0.2, 0.25) is 5.91 Å². The second-order valence-corrected chi connectivity index (χ2v) is 4.13. The van der Waals surface area contributed by atoms with Gasteiger partial charge in [-0.1, -0.05) is 12.1 Å². The minimum Gasteiger partial charge on any atom is -0.406 e. The summed E-state index contributed by atoms with van der Waals surface area (Å²) >= 11 is 0. The fourth-order valence-corrected chi connectivity index (χ4v) is 1.80. The number of amides is 1. The first kappa shape index (κ1) is 17.8. The number of primary amides is 1. The van der Waals surface area contributed by atoms with Crippen molar-refractivity contribution in [3.63, 3.8) is 0 Å². The molecule has 0 bridgehead atoms. The first-order valence-corrected chi connectivity index (χ1v) is 5.72. The van der Waals surface area contributed by atoms with Gasteiger partial charge in [-0.05, 0) is 41.5 Å². The van der Waals surface area contributed by atoms with Crippen LogP contribution in [0.2, 0.25) is 0 Å². The van der Waals surface area contributed by atoms with Crippen LogP contribution in [-0.4, -0.2) is 12.3 Å². The van der Waals surface area contributed by atoms with Gasteiger partial charge in [0.1, 0.15) is 11.6 Å². The van der Waals surface area contributed by atoms with Gasteiger partial charge in [-0.25, -0.2) is 4.39 Å². The average Bonchev–Trinajstić information content (AvgIpc) is 2.37. The minimum atomic E-state index is -4.85. The normalized spacial score (nSPS) is 10.7. The Morgan fingerprint density at radius 1 is 1.05 bits per heavy atom. The molecule has 0 spiro atoms. The molecule has 0 heterocycles. The Morgan fingerprint density at radius 2 is 1.64 bits per heavy atom. The van der Waals surface area contributed by atoms with E-state index in [1.165, 1.54) is 12.1 Å². The van der Waals surface area contributed by atoms with Crippen LogP contribution in [-0.2, 0) is 0 Å². The lowest BCUT2D eigenvalue weighted by Gasteiger charge is -2.12. The van der Waals surface area contributed by atoms with Gasteiger partial charge in [-0.15, -0.1) is 25.6 Å². The second kappa shape index (κ2) is 6.65. The molecule has 3 nitrogen and oxygen atoms in total. The monoisotopic (exact) mass is 335 g/mol. The highest BCUT2D eigenvalue weighted by atomic mass is 35.5. The lowest BCUT2D eigenvalue weighted by Crippen LogP contribution is -2.18. The highest BCUT2D eigenvalue weighted by Crippen LogP contribution is 2.31. The first-order chi connectivity index (χ1) is 9.76. The molecule has 2 N–H and O–H groups in total. The van der Waals surface area contributed by atoms with Crippen LogP contribution in [0.25, 0.3) is 11.1 Å². The quantitative estimate of drug-likeness (QED) is 0.865. The maximum absolute atomic E-state index is 12.9. The van der Waals surface area contributed by atoms with Crippen molar-refractivity contribution in [2.45, 2.75) is 6.36 Å². The molecule has 2 aromatic rings. The molecule has 0 aliphatic rings. The van der Waals surface area contributed by atoms with E-state index >= 15 is 0 Å². The van der Waals surface area contributed by atoms with Crippen LogP contribution in [0.1, 0.15) is 10.4 Å². The van der Waals surface area contributed by atoms with Crippen LogP contribution in [0.15, 0.2) is 42.5 Å². The van der Waals surface area contributed by atoms with Gasteiger partial charge >= 0.3 is 6.36 Å². The Hall–Kier alpha value is -2.28. The summed E-state index contributed by atoms with van der Waals surface area (Å²) < 4.78 is 53.4. The minimum absolute atomic E-state index is 0. The van der Waals surface area contributed by atoms with Gasteiger partial charge in [0.05, 0.1) is 0 Å². The maximum atomic E-state index is 12.9. The van der Waals surface area contributed by atoms with Gasteiger partial charge in [0, 0.05) is 5.56 Å². The molecule has 0 aliphatic heterocycles. The zero-order valence-corrected chi connectivity index (χ0v) is 11.7. The van der Waals surface area contributed by atoms with Crippen molar-refractivity contribution >= 4 is 18.3 Å². The molecule has 2 rings (SSSR count). The van der Waals surface area contributed by atoms with Crippen molar-refractivity contribution in [1.29, 1.82) is 0 Å². The summed E-state index contributed by atoms with van der Waals surface area (Å²) in [6.07, 6.45) is -4.85. The number of carbonyl (C=O) groups is 1. The number of hydrogen-bond donors (Lipinski definition) is 1. The fourth-order valence-electron chi connectivity index (χ4n) is 1.80. The number of carbonyl (C=O) groups excluding carboxylic acids is 1. The van der Waals surface area contributed by atoms with E-state index in [4.69, 9.17) is 5.73 Å². The number of ether oxygens (including phenoxy) is 1. The predicted molar refractivity (Wildman–Crippen MR) is 74.3 cm³/mol. The zero-order valence-electron chi connectivity index (χ0n) is 10.9. The lowest BCUT2D eigenvalue weighted by atomic mass is 9.99. The smallest absolute Gasteiger partial charge is 0.406 e. The van der Waals surface area contributed by atoms with Crippen molar-refractivity contribution in [3.8, 4) is 16.9 Å². The number of alkyl halides is 3. The van der Waals surface area contributed by atoms with Crippen molar-refractivity contribution in [2.75, 3.05) is 0 Å². The van der Waals surface area contributed by atoms with Crippen LogP contribution in [0.3, 0.4) is 0 Å². The molecule has 0 aromatic heterocycles. The van der Waals surface area contributed by atoms with Crippen molar-refractivity contribution < 1.29 is 27.1 Å². The van der Waals surface area contributed by atoms with E-state index < -0.39 is 23.8 Å².